The predicted octanol–water partition coefficient (Wildman–Crippen LogP) is 1.15. The van der Waals surface area contributed by atoms with Crippen LogP contribution in [0.1, 0.15) is 40.6 Å². The normalized spacial score (nSPS) is 32.3. The van der Waals surface area contributed by atoms with Crippen molar-refractivity contribution in [1.29, 1.82) is 0 Å². The lowest BCUT2D eigenvalue weighted by Gasteiger charge is -2.24. The first-order valence-electron chi connectivity index (χ1n) is 9.55. The lowest BCUT2D eigenvalue weighted by molar-refractivity contribution is -0.132. The van der Waals surface area contributed by atoms with Crippen molar-refractivity contribution in [3.63, 3.8) is 0 Å². The summed E-state index contributed by atoms with van der Waals surface area (Å²) < 4.78 is 56.3. The number of Topliss-reactive ketones (excluding diaryl/α,β-unsaturated/α-hetero) is 2. The molecular weight excluding hydrogens is 270 g/mol. The van der Waals surface area contributed by atoms with Crippen LogP contribution in [0.25, 0.3) is 10.9 Å². The van der Waals surface area contributed by atoms with Crippen LogP contribution in [-0.4, -0.2) is 21.1 Å². The van der Waals surface area contributed by atoms with Crippen LogP contribution in [0.2, 0.25) is 0 Å². The molecule has 0 radical (unpaired) electrons. The average molecular weight is 292 g/mol. The first-order valence-corrected chi connectivity index (χ1v) is 6.05. The van der Waals surface area contributed by atoms with Crippen LogP contribution in [0.4, 0.5) is 5.69 Å². The van der Waals surface area contributed by atoms with Crippen LogP contribution in [0.5, 0.6) is 0 Å². The van der Waals surface area contributed by atoms with E-state index >= 15 is 0 Å². The molecule has 6 heteroatoms. The zero-order valence-electron chi connectivity index (χ0n) is 18.0. The molecule has 108 valence electrons. The van der Waals surface area contributed by atoms with E-state index < -0.39 is 47.7 Å². The van der Waals surface area contributed by atoms with Crippen LogP contribution >= 0.6 is 0 Å². The Morgan fingerprint density at radius 2 is 2.24 bits per heavy atom. The molecule has 1 fully saturated rings. The van der Waals surface area contributed by atoms with Crippen molar-refractivity contribution in [3.8, 4) is 0 Å². The molecule has 21 heavy (non-hydrogen) atoms. The number of carbonyl (C=O) groups is 2. The first kappa shape index (κ1) is 7.49. The summed E-state index contributed by atoms with van der Waals surface area (Å²) in [4.78, 5) is 41.6. The minimum atomic E-state index is -3.41. The van der Waals surface area contributed by atoms with Crippen molar-refractivity contribution < 1.29 is 19.2 Å². The number of carbonyl (C=O) groups excluding carboxylic acids is 2. The lowest BCUT2D eigenvalue weighted by atomic mass is 9.92. The lowest BCUT2D eigenvalue weighted by Crippen LogP contribution is -2.36. The second-order valence-corrected chi connectivity index (χ2v) is 4.49. The van der Waals surface area contributed by atoms with Crippen LogP contribution < -0.4 is 11.3 Å². The Morgan fingerprint density at radius 1 is 1.48 bits per heavy atom. The molecule has 1 aliphatic carbocycles. The second-order valence-electron chi connectivity index (χ2n) is 4.49. The first-order chi connectivity index (χ1) is 12.7. The van der Waals surface area contributed by atoms with Crippen molar-refractivity contribution in [2.24, 2.45) is 0 Å². The number of hydrogen-bond donors (Lipinski definition) is 1. The van der Waals surface area contributed by atoms with Crippen molar-refractivity contribution >= 4 is 28.2 Å². The van der Waals surface area contributed by atoms with E-state index in [0.29, 0.717) is 4.57 Å². The quantitative estimate of drug-likeness (QED) is 0.628. The molecule has 6 nitrogen and oxygen atoms in total. The Balaban J connectivity index is 2.50. The highest BCUT2D eigenvalue weighted by Gasteiger charge is 2.30. The molecular formula is C15H15N3O3. The average Bonchev–Trinajstić information content (AvgIpc) is 2.57. The third-order valence-corrected chi connectivity index (χ3v) is 3.09. The molecule has 0 bridgehead atoms. The third kappa shape index (κ3) is 2.12. The van der Waals surface area contributed by atoms with Gasteiger partial charge in [0, 0.05) is 17.5 Å². The summed E-state index contributed by atoms with van der Waals surface area (Å²) in [5.41, 5.74) is 4.03. The molecule has 2 N–H and O–H groups in total. The van der Waals surface area contributed by atoms with Crippen LogP contribution in [0.3, 0.4) is 0 Å². The van der Waals surface area contributed by atoms with E-state index in [9.17, 15) is 14.4 Å². The summed E-state index contributed by atoms with van der Waals surface area (Å²) >= 11 is 0. The number of nitrogens with two attached hydrogens (primary N) is 1. The molecule has 0 aliphatic heterocycles. The summed E-state index contributed by atoms with van der Waals surface area (Å²) in [6.07, 6.45) is -7.70. The number of fused-ring (bicyclic) bond motifs is 1. The summed E-state index contributed by atoms with van der Waals surface area (Å²) in [5, 5.41) is -0.448. The van der Waals surface area contributed by atoms with E-state index in [2.05, 4.69) is 4.98 Å². The van der Waals surface area contributed by atoms with Gasteiger partial charge >= 0.3 is 0 Å². The van der Waals surface area contributed by atoms with Crippen molar-refractivity contribution in [1.82, 2.24) is 9.55 Å². The number of benzene rings is 1. The number of nitrogens with zero attached hydrogens (tertiary/aromatic N) is 2. The minimum Gasteiger partial charge on any atom is -0.398 e. The van der Waals surface area contributed by atoms with E-state index in [1.165, 1.54) is 6.92 Å². The highest BCUT2D eigenvalue weighted by atomic mass is 16.2. The number of anilines is 1. The van der Waals surface area contributed by atoms with Crippen LogP contribution in [0, 0.1) is 6.92 Å². The Kier molecular flexibility index (Phi) is 1.71. The van der Waals surface area contributed by atoms with Gasteiger partial charge in [-0.15, -0.1) is 0 Å². The van der Waals surface area contributed by atoms with Crippen LogP contribution in [0.15, 0.2) is 22.9 Å². The molecule has 2 aromatic rings. The fourth-order valence-electron chi connectivity index (χ4n) is 2.15. The number of ketones is 2. The smallest absolute Gasteiger partial charge is 0.264 e. The van der Waals surface area contributed by atoms with Gasteiger partial charge in [0.25, 0.3) is 5.56 Å². The van der Waals surface area contributed by atoms with Crippen molar-refractivity contribution in [2.45, 2.75) is 32.1 Å². The number of nitrogen functional groups attached to an aromatic ring is 1. The van der Waals surface area contributed by atoms with Crippen molar-refractivity contribution in [2.75, 3.05) is 5.73 Å². The van der Waals surface area contributed by atoms with E-state index in [4.69, 9.17) is 15.3 Å². The van der Waals surface area contributed by atoms with E-state index in [1.807, 2.05) is 0 Å². The summed E-state index contributed by atoms with van der Waals surface area (Å²) in [6.45, 7) is 1.19. The van der Waals surface area contributed by atoms with Gasteiger partial charge in [0.2, 0.25) is 0 Å². The van der Waals surface area contributed by atoms with Gasteiger partial charge in [0.15, 0.2) is 5.78 Å². The second kappa shape index (κ2) is 4.80. The summed E-state index contributed by atoms with van der Waals surface area (Å²) in [6, 6.07) is -2.75. The van der Waals surface area contributed by atoms with Gasteiger partial charge in [-0.2, -0.15) is 0 Å². The molecule has 1 aromatic heterocycles. The largest absolute Gasteiger partial charge is 0.398 e. The van der Waals surface area contributed by atoms with E-state index in [-0.39, 0.29) is 29.1 Å². The number of aryl methyl sites for hydroxylation is 1. The topological polar surface area (TPSA) is 95.0 Å². The Bertz CT molecular complexity index is 1130. The van der Waals surface area contributed by atoms with Gasteiger partial charge < -0.3 is 5.73 Å². The molecule has 0 spiro atoms. The zero-order chi connectivity index (χ0) is 21.4. The van der Waals surface area contributed by atoms with Crippen LogP contribution in [-0.2, 0) is 9.59 Å². The number of rotatable bonds is 1. The summed E-state index contributed by atoms with van der Waals surface area (Å²) in [7, 11) is 0. The maximum absolute atomic E-state index is 13.1. The van der Waals surface area contributed by atoms with Gasteiger partial charge in [0.1, 0.15) is 11.6 Å². The molecule has 3 rings (SSSR count). The highest BCUT2D eigenvalue weighted by Crippen LogP contribution is 2.24. The van der Waals surface area contributed by atoms with Crippen molar-refractivity contribution in [3.05, 3.63) is 34.3 Å². The molecule has 1 aliphatic rings. The monoisotopic (exact) mass is 292 g/mol. The fraction of sp³-hybridized carbons (Fsp3) is 0.333. The standard InChI is InChI=1S/C15H15N3O3/c1-8-17-11-4-2-3-10(16)14(11)15(21)18(8)12-6-5-9(19)7-13(12)20/h2-4,12H,5-7,16H2,1H3/i3D,4D,5D2,6D2,12D. The highest BCUT2D eigenvalue weighted by molar-refractivity contribution is 6.03. The van der Waals surface area contributed by atoms with Gasteiger partial charge in [-0.3, -0.25) is 19.0 Å². The van der Waals surface area contributed by atoms with Gasteiger partial charge in [0.05, 0.1) is 27.5 Å². The van der Waals surface area contributed by atoms with E-state index in [0.717, 1.165) is 6.07 Å². The number of hydrogen-bond acceptors (Lipinski definition) is 5. The Hall–Kier alpha value is -2.50. The molecule has 0 amide bonds. The maximum Gasteiger partial charge on any atom is 0.264 e. The van der Waals surface area contributed by atoms with Gasteiger partial charge in [-0.1, -0.05) is 6.07 Å². The van der Waals surface area contributed by atoms with Gasteiger partial charge in [-0.05, 0) is 25.4 Å². The van der Waals surface area contributed by atoms with E-state index in [1.54, 1.807) is 0 Å². The number of aromatic nitrogens is 2. The molecule has 1 unspecified atom stereocenters. The minimum absolute atomic E-state index is 0.196. The SMILES string of the molecule is [2H]c1cc([2H])c2nc(C)n(C3([2H])C(=O)CC(=O)C([2H])([2H])C3([2H])[2H])c(=O)c2c1N. The fourth-order valence-corrected chi connectivity index (χ4v) is 2.15. The molecule has 1 atom stereocenters. The van der Waals surface area contributed by atoms with Gasteiger partial charge in [-0.25, -0.2) is 4.98 Å². The summed E-state index contributed by atoms with van der Waals surface area (Å²) in [5.74, 6) is -2.97. The Morgan fingerprint density at radius 3 is 3.00 bits per heavy atom. The Labute approximate surface area is 130 Å². The molecule has 1 heterocycles. The zero-order valence-corrected chi connectivity index (χ0v) is 11.0. The molecule has 1 aromatic carbocycles. The predicted molar refractivity (Wildman–Crippen MR) is 78.1 cm³/mol. The third-order valence-electron chi connectivity index (χ3n) is 3.09. The molecule has 1 saturated carbocycles. The maximum atomic E-state index is 13.1. The molecule has 0 saturated heterocycles.